The monoisotopic (exact) mass is 306 g/mol. The molecule has 22 heavy (non-hydrogen) atoms. The quantitative estimate of drug-likeness (QED) is 0.729. The zero-order valence-corrected chi connectivity index (χ0v) is 12.3. The van der Waals surface area contributed by atoms with Crippen molar-refractivity contribution in [2.75, 3.05) is 13.7 Å². The summed E-state index contributed by atoms with van der Waals surface area (Å²) in [6.07, 6.45) is 0.717. The first-order chi connectivity index (χ1) is 10.6. The van der Waals surface area contributed by atoms with Gasteiger partial charge in [0.2, 0.25) is 5.91 Å². The Labute approximate surface area is 128 Å². The van der Waals surface area contributed by atoms with Crippen LogP contribution in [0.1, 0.15) is 18.4 Å². The molecule has 1 heterocycles. The van der Waals surface area contributed by atoms with E-state index in [9.17, 15) is 14.4 Å². The van der Waals surface area contributed by atoms with E-state index in [0.29, 0.717) is 19.4 Å². The van der Waals surface area contributed by atoms with E-state index in [-0.39, 0.29) is 12.5 Å². The van der Waals surface area contributed by atoms with Gasteiger partial charge in [0, 0.05) is 13.0 Å². The molecule has 1 aliphatic rings. The van der Waals surface area contributed by atoms with Gasteiger partial charge in [0.15, 0.2) is 6.61 Å². The third-order valence-corrected chi connectivity index (χ3v) is 3.27. The molecule has 2 N–H and O–H groups in total. The fourth-order valence-corrected chi connectivity index (χ4v) is 2.02. The van der Waals surface area contributed by atoms with Gasteiger partial charge in [-0.3, -0.25) is 9.59 Å². The Bertz CT molecular complexity index is 556. The Morgan fingerprint density at radius 1 is 1.32 bits per heavy atom. The summed E-state index contributed by atoms with van der Waals surface area (Å²) >= 11 is 0. The molecule has 2 rings (SSSR count). The van der Waals surface area contributed by atoms with Crippen molar-refractivity contribution >= 4 is 17.8 Å². The molecule has 1 fully saturated rings. The number of carbonyl (C=O) groups excluding carboxylic acids is 3. The van der Waals surface area contributed by atoms with Crippen molar-refractivity contribution in [3.8, 4) is 5.75 Å². The summed E-state index contributed by atoms with van der Waals surface area (Å²) in [7, 11) is 1.58. The molecule has 0 aliphatic carbocycles. The number of amides is 2. The molecule has 1 aromatic carbocycles. The summed E-state index contributed by atoms with van der Waals surface area (Å²) in [6.45, 7) is -0.0259. The molecule has 0 aromatic heterocycles. The largest absolute Gasteiger partial charge is 0.497 e. The van der Waals surface area contributed by atoms with E-state index in [2.05, 4.69) is 10.6 Å². The van der Waals surface area contributed by atoms with Gasteiger partial charge in [-0.1, -0.05) is 12.1 Å². The van der Waals surface area contributed by atoms with Crippen molar-refractivity contribution in [1.29, 1.82) is 0 Å². The molecule has 1 atom stereocenters. The van der Waals surface area contributed by atoms with Crippen molar-refractivity contribution in [3.63, 3.8) is 0 Å². The first kappa shape index (κ1) is 15.8. The number of methoxy groups -OCH3 is 1. The first-order valence-electron chi connectivity index (χ1n) is 6.94. The average Bonchev–Trinajstić information content (AvgIpc) is 2.97. The molecule has 1 aliphatic heterocycles. The fraction of sp³-hybridized carbons (Fsp3) is 0.400. The van der Waals surface area contributed by atoms with Gasteiger partial charge < -0.3 is 20.1 Å². The highest BCUT2D eigenvalue weighted by Gasteiger charge is 2.28. The van der Waals surface area contributed by atoms with Gasteiger partial charge in [-0.25, -0.2) is 4.79 Å². The summed E-state index contributed by atoms with van der Waals surface area (Å²) in [5.74, 6) is -0.410. The Hall–Kier alpha value is -2.57. The number of hydrogen-bond donors (Lipinski definition) is 2. The van der Waals surface area contributed by atoms with Crippen LogP contribution < -0.4 is 15.4 Å². The molecule has 1 unspecified atom stereocenters. The molecule has 0 radical (unpaired) electrons. The minimum Gasteiger partial charge on any atom is -0.497 e. The van der Waals surface area contributed by atoms with Crippen LogP contribution >= 0.6 is 0 Å². The Morgan fingerprint density at radius 2 is 2.05 bits per heavy atom. The topological polar surface area (TPSA) is 93.7 Å². The van der Waals surface area contributed by atoms with E-state index in [1.807, 2.05) is 12.1 Å². The van der Waals surface area contributed by atoms with Crippen molar-refractivity contribution in [2.45, 2.75) is 25.4 Å². The molecule has 0 bridgehead atoms. The molecule has 1 aromatic rings. The van der Waals surface area contributed by atoms with Crippen LogP contribution in [0.15, 0.2) is 24.3 Å². The summed E-state index contributed by atoms with van der Waals surface area (Å²) in [6, 6.07) is 6.62. The number of rotatable bonds is 6. The second-order valence-corrected chi connectivity index (χ2v) is 4.89. The molecular formula is C15H18N2O5. The minimum atomic E-state index is -0.637. The van der Waals surface area contributed by atoms with Crippen molar-refractivity contribution in [2.24, 2.45) is 0 Å². The highest BCUT2D eigenvalue weighted by atomic mass is 16.5. The van der Waals surface area contributed by atoms with Gasteiger partial charge in [-0.2, -0.15) is 0 Å². The number of ether oxygens (including phenoxy) is 2. The minimum absolute atomic E-state index is 0.175. The van der Waals surface area contributed by atoms with Gasteiger partial charge >= 0.3 is 5.97 Å². The fourth-order valence-electron chi connectivity index (χ4n) is 2.02. The normalized spacial score (nSPS) is 16.8. The van der Waals surface area contributed by atoms with Gasteiger partial charge in [-0.05, 0) is 24.1 Å². The summed E-state index contributed by atoms with van der Waals surface area (Å²) in [5.41, 5.74) is 0.906. The van der Waals surface area contributed by atoms with E-state index >= 15 is 0 Å². The molecule has 0 spiro atoms. The lowest BCUT2D eigenvalue weighted by atomic mass is 10.2. The Morgan fingerprint density at radius 3 is 2.64 bits per heavy atom. The van der Waals surface area contributed by atoms with Crippen LogP contribution in [0.25, 0.3) is 0 Å². The van der Waals surface area contributed by atoms with Crippen LogP contribution in [-0.2, 0) is 25.7 Å². The SMILES string of the molecule is COc1ccc(CNC(=O)COC(=O)C2CCC(=O)N2)cc1. The summed E-state index contributed by atoms with van der Waals surface area (Å²) < 4.78 is 9.92. The third-order valence-electron chi connectivity index (χ3n) is 3.27. The van der Waals surface area contributed by atoms with E-state index in [4.69, 9.17) is 9.47 Å². The zero-order chi connectivity index (χ0) is 15.9. The molecular weight excluding hydrogens is 288 g/mol. The van der Waals surface area contributed by atoms with Gasteiger partial charge in [-0.15, -0.1) is 0 Å². The van der Waals surface area contributed by atoms with Crippen molar-refractivity contribution < 1.29 is 23.9 Å². The lowest BCUT2D eigenvalue weighted by Crippen LogP contribution is -2.37. The molecule has 7 heteroatoms. The highest BCUT2D eigenvalue weighted by Crippen LogP contribution is 2.11. The molecule has 1 saturated heterocycles. The molecule has 2 amide bonds. The molecule has 7 nitrogen and oxygen atoms in total. The maximum Gasteiger partial charge on any atom is 0.329 e. The predicted octanol–water partition coefficient (Wildman–Crippen LogP) is 0.133. The van der Waals surface area contributed by atoms with Crippen LogP contribution in [-0.4, -0.2) is 37.5 Å². The number of carbonyl (C=O) groups is 3. The number of benzene rings is 1. The second kappa shape index (κ2) is 7.44. The second-order valence-electron chi connectivity index (χ2n) is 4.89. The molecule has 0 saturated carbocycles. The van der Waals surface area contributed by atoms with E-state index in [1.165, 1.54) is 0 Å². The summed E-state index contributed by atoms with van der Waals surface area (Å²) in [5, 5.41) is 5.14. The standard InChI is InChI=1S/C15H18N2O5/c1-21-11-4-2-10(3-5-11)8-16-14(19)9-22-15(20)12-6-7-13(18)17-12/h2-5,12H,6-9H2,1H3,(H,16,19)(H,17,18). The van der Waals surface area contributed by atoms with E-state index in [0.717, 1.165) is 11.3 Å². The van der Waals surface area contributed by atoms with Crippen molar-refractivity contribution in [1.82, 2.24) is 10.6 Å². The van der Waals surface area contributed by atoms with Crippen LogP contribution in [0.5, 0.6) is 5.75 Å². The van der Waals surface area contributed by atoms with Gasteiger partial charge in [0.1, 0.15) is 11.8 Å². The van der Waals surface area contributed by atoms with Crippen LogP contribution in [0.4, 0.5) is 0 Å². The maximum absolute atomic E-state index is 11.6. The maximum atomic E-state index is 11.6. The predicted molar refractivity (Wildman–Crippen MR) is 77.0 cm³/mol. The van der Waals surface area contributed by atoms with Crippen molar-refractivity contribution in [3.05, 3.63) is 29.8 Å². The lowest BCUT2D eigenvalue weighted by molar-refractivity contribution is -0.150. The zero-order valence-electron chi connectivity index (χ0n) is 12.3. The third kappa shape index (κ3) is 4.47. The number of nitrogens with one attached hydrogen (secondary N) is 2. The Kier molecular flexibility index (Phi) is 5.35. The summed E-state index contributed by atoms with van der Waals surface area (Å²) in [4.78, 5) is 34.2. The van der Waals surface area contributed by atoms with Gasteiger partial charge in [0.25, 0.3) is 5.91 Å². The van der Waals surface area contributed by atoms with Crippen LogP contribution in [0, 0.1) is 0 Å². The highest BCUT2D eigenvalue weighted by molar-refractivity contribution is 5.89. The number of hydrogen-bond acceptors (Lipinski definition) is 5. The van der Waals surface area contributed by atoms with Gasteiger partial charge in [0.05, 0.1) is 7.11 Å². The smallest absolute Gasteiger partial charge is 0.329 e. The van der Waals surface area contributed by atoms with E-state index < -0.39 is 17.9 Å². The molecule has 118 valence electrons. The first-order valence-corrected chi connectivity index (χ1v) is 6.94. The average molecular weight is 306 g/mol. The lowest BCUT2D eigenvalue weighted by Gasteiger charge is -2.10. The van der Waals surface area contributed by atoms with E-state index in [1.54, 1.807) is 19.2 Å². The Balaban J connectivity index is 1.69. The van der Waals surface area contributed by atoms with Crippen LogP contribution in [0.2, 0.25) is 0 Å². The van der Waals surface area contributed by atoms with Crippen LogP contribution in [0.3, 0.4) is 0 Å². The number of esters is 1.